The maximum Gasteiger partial charge on any atom is 0.253 e. The van der Waals surface area contributed by atoms with Crippen LogP contribution in [0.1, 0.15) is 41.6 Å². The van der Waals surface area contributed by atoms with E-state index in [1.165, 1.54) is 30.9 Å². The van der Waals surface area contributed by atoms with Crippen LogP contribution in [0.25, 0.3) is 0 Å². The van der Waals surface area contributed by atoms with Crippen LogP contribution in [0.5, 0.6) is 0 Å². The zero-order valence-corrected chi connectivity index (χ0v) is 18.8. The molecule has 0 bridgehead atoms. The summed E-state index contributed by atoms with van der Waals surface area (Å²) >= 11 is 0. The van der Waals surface area contributed by atoms with Gasteiger partial charge < -0.3 is 10.2 Å². The van der Waals surface area contributed by atoms with Crippen LogP contribution in [0, 0.1) is 0 Å². The van der Waals surface area contributed by atoms with E-state index < -0.39 is 10.0 Å². The van der Waals surface area contributed by atoms with E-state index in [2.05, 4.69) is 15.3 Å². The molecule has 1 aromatic heterocycles. The summed E-state index contributed by atoms with van der Waals surface area (Å²) in [7, 11) is 1.25. The van der Waals surface area contributed by atoms with Gasteiger partial charge in [-0.1, -0.05) is 0 Å². The normalized spacial score (nSPS) is 14.9. The molecular formula is C21H31N5O3S. The monoisotopic (exact) mass is 433 g/mol. The fourth-order valence-corrected chi connectivity index (χ4v) is 4.60. The van der Waals surface area contributed by atoms with E-state index in [-0.39, 0.29) is 10.8 Å². The molecule has 2 heterocycles. The van der Waals surface area contributed by atoms with Crippen LogP contribution < -0.4 is 10.2 Å². The predicted octanol–water partition coefficient (Wildman–Crippen LogP) is 2.02. The van der Waals surface area contributed by atoms with Crippen LogP contribution in [-0.4, -0.2) is 62.1 Å². The number of hydrogen-bond acceptors (Lipinski definition) is 5. The summed E-state index contributed by atoms with van der Waals surface area (Å²) in [5.41, 5.74) is 2.35. The lowest BCUT2D eigenvalue weighted by Gasteiger charge is -2.30. The van der Waals surface area contributed by atoms with Gasteiger partial charge in [0.05, 0.1) is 16.7 Å². The first-order chi connectivity index (χ1) is 14.3. The summed E-state index contributed by atoms with van der Waals surface area (Å²) in [6, 6.07) is 4.88. The van der Waals surface area contributed by atoms with Gasteiger partial charge in [-0.2, -0.15) is 5.10 Å². The van der Waals surface area contributed by atoms with Crippen molar-refractivity contribution in [1.29, 1.82) is 0 Å². The molecule has 2 aromatic rings. The zero-order chi connectivity index (χ0) is 21.7. The third-order valence-electron chi connectivity index (χ3n) is 5.37. The van der Waals surface area contributed by atoms with Crippen molar-refractivity contribution in [2.45, 2.75) is 37.0 Å². The van der Waals surface area contributed by atoms with Gasteiger partial charge in [-0.25, -0.2) is 12.7 Å². The van der Waals surface area contributed by atoms with Crippen LogP contribution in [0.2, 0.25) is 0 Å². The Hall–Kier alpha value is -2.39. The minimum Gasteiger partial charge on any atom is -0.371 e. The number of aryl methyl sites for hydroxylation is 2. The highest BCUT2D eigenvalue weighted by molar-refractivity contribution is 7.89. The molecule has 164 valence electrons. The average Bonchev–Trinajstić information content (AvgIpc) is 3.16. The number of amides is 1. The summed E-state index contributed by atoms with van der Waals surface area (Å²) < 4.78 is 28.1. The molecule has 1 amide bonds. The summed E-state index contributed by atoms with van der Waals surface area (Å²) in [6.45, 7) is 2.26. The Morgan fingerprint density at radius 3 is 2.57 bits per heavy atom. The summed E-state index contributed by atoms with van der Waals surface area (Å²) in [5.74, 6) is -0.238. The van der Waals surface area contributed by atoms with Crippen LogP contribution >= 0.6 is 0 Å². The number of anilines is 1. The minimum atomic E-state index is -3.61. The molecule has 30 heavy (non-hydrogen) atoms. The lowest BCUT2D eigenvalue weighted by molar-refractivity contribution is 0.0953. The Morgan fingerprint density at radius 2 is 1.93 bits per heavy atom. The second kappa shape index (κ2) is 9.61. The van der Waals surface area contributed by atoms with Crippen LogP contribution in [0.4, 0.5) is 5.69 Å². The van der Waals surface area contributed by atoms with E-state index in [4.69, 9.17) is 0 Å². The molecule has 0 atom stereocenters. The van der Waals surface area contributed by atoms with Gasteiger partial charge in [0.1, 0.15) is 0 Å². The number of carbonyl (C=O) groups excluding carboxylic acids is 1. The molecule has 8 nitrogen and oxygen atoms in total. The van der Waals surface area contributed by atoms with Crippen molar-refractivity contribution in [2.24, 2.45) is 7.05 Å². The molecule has 0 aliphatic carbocycles. The second-order valence-electron chi connectivity index (χ2n) is 7.90. The molecule has 1 N–H and O–H groups in total. The fraction of sp³-hybridized carbons (Fsp3) is 0.524. The molecule has 0 radical (unpaired) electrons. The van der Waals surface area contributed by atoms with Crippen LogP contribution in [-0.2, 0) is 23.5 Å². The van der Waals surface area contributed by atoms with Crippen molar-refractivity contribution in [1.82, 2.24) is 19.4 Å². The van der Waals surface area contributed by atoms with Crippen LogP contribution in [0.15, 0.2) is 35.5 Å². The van der Waals surface area contributed by atoms with Gasteiger partial charge in [-0.15, -0.1) is 0 Å². The van der Waals surface area contributed by atoms with Gasteiger partial charge in [-0.3, -0.25) is 9.48 Å². The minimum absolute atomic E-state index is 0.133. The first-order valence-corrected chi connectivity index (χ1v) is 11.8. The van der Waals surface area contributed by atoms with Crippen molar-refractivity contribution < 1.29 is 13.2 Å². The average molecular weight is 434 g/mol. The first-order valence-electron chi connectivity index (χ1n) is 10.4. The summed E-state index contributed by atoms with van der Waals surface area (Å²) in [6.07, 6.45) is 8.72. The lowest BCUT2D eigenvalue weighted by atomic mass is 10.1. The maximum atomic E-state index is 13.0. The molecule has 1 fully saturated rings. The number of nitrogens with one attached hydrogen (secondary N) is 1. The molecule has 3 rings (SSSR count). The maximum absolute atomic E-state index is 13.0. The molecule has 1 saturated heterocycles. The molecule has 1 aliphatic heterocycles. The summed E-state index contributed by atoms with van der Waals surface area (Å²) in [4.78, 5) is 15.3. The highest BCUT2D eigenvalue weighted by Crippen LogP contribution is 2.28. The zero-order valence-electron chi connectivity index (χ0n) is 18.0. The van der Waals surface area contributed by atoms with Crippen molar-refractivity contribution in [3.63, 3.8) is 0 Å². The standard InChI is InChI=1S/C21H31N5O3S/c1-24(2)30(28,29)18-9-10-20(26-12-5-4-6-13-26)19(14-18)21(27)22-11-7-8-17-15-23-25(3)16-17/h9-10,14-16H,4-8,11-13H2,1-3H3,(H,22,27). The fourth-order valence-electron chi connectivity index (χ4n) is 3.67. The van der Waals surface area contributed by atoms with Gasteiger partial charge in [0.15, 0.2) is 0 Å². The SMILES string of the molecule is CN(C)S(=O)(=O)c1ccc(N2CCCCC2)c(C(=O)NCCCc2cnn(C)c2)c1. The number of sulfonamides is 1. The number of rotatable bonds is 8. The quantitative estimate of drug-likeness (QED) is 0.644. The molecule has 9 heteroatoms. The Kier molecular flexibility index (Phi) is 7.14. The molecule has 0 unspecified atom stereocenters. The van der Waals surface area contributed by atoms with Gasteiger partial charge in [0, 0.05) is 52.7 Å². The van der Waals surface area contributed by atoms with E-state index in [0.29, 0.717) is 12.1 Å². The van der Waals surface area contributed by atoms with Gasteiger partial charge >= 0.3 is 0 Å². The highest BCUT2D eigenvalue weighted by atomic mass is 32.2. The van der Waals surface area contributed by atoms with E-state index >= 15 is 0 Å². The van der Waals surface area contributed by atoms with E-state index in [9.17, 15) is 13.2 Å². The molecular weight excluding hydrogens is 402 g/mol. The first kappa shape index (κ1) is 22.3. The topological polar surface area (TPSA) is 87.5 Å². The number of piperidine rings is 1. The predicted molar refractivity (Wildman–Crippen MR) is 117 cm³/mol. The lowest BCUT2D eigenvalue weighted by Crippen LogP contribution is -2.33. The van der Waals surface area contributed by atoms with Crippen molar-refractivity contribution >= 4 is 21.6 Å². The number of hydrogen-bond donors (Lipinski definition) is 1. The highest BCUT2D eigenvalue weighted by Gasteiger charge is 2.24. The molecule has 1 aliphatic rings. The number of carbonyl (C=O) groups is 1. The van der Waals surface area contributed by atoms with E-state index in [1.807, 2.05) is 19.4 Å². The van der Waals surface area contributed by atoms with Gasteiger partial charge in [0.2, 0.25) is 10.0 Å². The largest absolute Gasteiger partial charge is 0.371 e. The Labute approximate surface area is 178 Å². The second-order valence-corrected chi connectivity index (χ2v) is 10.0. The van der Waals surface area contributed by atoms with E-state index in [1.54, 1.807) is 16.8 Å². The number of aromatic nitrogens is 2. The van der Waals surface area contributed by atoms with Crippen molar-refractivity contribution in [3.05, 3.63) is 41.7 Å². The smallest absolute Gasteiger partial charge is 0.253 e. The third-order valence-corrected chi connectivity index (χ3v) is 7.19. The Bertz CT molecular complexity index is 978. The number of nitrogens with zero attached hydrogens (tertiary/aromatic N) is 4. The van der Waals surface area contributed by atoms with Crippen molar-refractivity contribution in [2.75, 3.05) is 38.6 Å². The molecule has 1 aromatic carbocycles. The number of benzene rings is 1. The molecule has 0 spiro atoms. The molecule has 0 saturated carbocycles. The van der Waals surface area contributed by atoms with Gasteiger partial charge in [0.25, 0.3) is 5.91 Å². The third kappa shape index (κ3) is 5.20. The van der Waals surface area contributed by atoms with Crippen molar-refractivity contribution in [3.8, 4) is 0 Å². The summed E-state index contributed by atoms with van der Waals surface area (Å²) in [5, 5.41) is 7.11. The Morgan fingerprint density at radius 1 is 1.20 bits per heavy atom. The van der Waals surface area contributed by atoms with E-state index in [0.717, 1.165) is 50.0 Å². The van der Waals surface area contributed by atoms with Gasteiger partial charge in [-0.05, 0) is 55.9 Å². The Balaban J connectivity index is 1.77. The van der Waals surface area contributed by atoms with Crippen LogP contribution in [0.3, 0.4) is 0 Å².